The lowest BCUT2D eigenvalue weighted by molar-refractivity contribution is -0.141. The average Bonchev–Trinajstić information content (AvgIpc) is 2.89. The molecule has 0 aliphatic heterocycles. The highest BCUT2D eigenvalue weighted by Crippen LogP contribution is 2.41. The molecule has 3 aromatic rings. The zero-order chi connectivity index (χ0) is 26.2. The van der Waals surface area contributed by atoms with E-state index in [0.29, 0.717) is 17.0 Å². The zero-order valence-corrected chi connectivity index (χ0v) is 22.2. The molecule has 6 nitrogen and oxygen atoms in total. The highest BCUT2D eigenvalue weighted by Gasteiger charge is 2.24. The first-order valence-corrected chi connectivity index (χ1v) is 12.4. The Morgan fingerprint density at radius 1 is 0.972 bits per heavy atom. The van der Waals surface area contributed by atoms with Crippen LogP contribution in [0.3, 0.4) is 0 Å². The van der Waals surface area contributed by atoms with Crippen LogP contribution in [-0.2, 0) is 9.53 Å². The minimum Gasteiger partial charge on any atom is -0.496 e. The molecule has 1 amide bonds. The predicted molar refractivity (Wildman–Crippen MR) is 143 cm³/mol. The molecule has 0 N–H and O–H groups in total. The number of nitrogens with zero attached hydrogens (tertiary/aromatic N) is 1. The second-order valence-corrected chi connectivity index (χ2v) is 8.93. The van der Waals surface area contributed by atoms with Crippen LogP contribution in [0.25, 0.3) is 0 Å². The van der Waals surface area contributed by atoms with Crippen LogP contribution in [0.2, 0.25) is 10.0 Å². The highest BCUT2D eigenvalue weighted by atomic mass is 35.5. The Labute approximate surface area is 221 Å². The molecule has 0 saturated carbocycles. The highest BCUT2D eigenvalue weighted by molar-refractivity contribution is 6.37. The lowest BCUT2D eigenvalue weighted by atomic mass is 9.97. The van der Waals surface area contributed by atoms with E-state index in [9.17, 15) is 9.59 Å². The molecule has 0 saturated heterocycles. The van der Waals surface area contributed by atoms with Gasteiger partial charge in [-0.2, -0.15) is 0 Å². The molecule has 0 heterocycles. The number of hydrogen-bond donors (Lipinski definition) is 0. The fraction of sp³-hybridized carbons (Fsp3) is 0.286. The fourth-order valence-electron chi connectivity index (χ4n) is 3.65. The molecule has 1 unspecified atom stereocenters. The number of ether oxygens (including phenoxy) is 3. The molecule has 0 spiro atoms. The van der Waals surface area contributed by atoms with Gasteiger partial charge in [0.25, 0.3) is 5.91 Å². The Kier molecular flexibility index (Phi) is 9.62. The lowest BCUT2D eigenvalue weighted by Crippen LogP contribution is -2.36. The molecular weight excluding hydrogens is 501 g/mol. The second kappa shape index (κ2) is 12.7. The van der Waals surface area contributed by atoms with Gasteiger partial charge in [0.15, 0.2) is 5.75 Å². The third kappa shape index (κ3) is 6.50. The van der Waals surface area contributed by atoms with Gasteiger partial charge in [-0.3, -0.25) is 14.5 Å². The van der Waals surface area contributed by atoms with Gasteiger partial charge in [0, 0.05) is 16.8 Å². The van der Waals surface area contributed by atoms with Gasteiger partial charge in [0.2, 0.25) is 0 Å². The first-order valence-electron chi connectivity index (χ1n) is 11.7. The predicted octanol–water partition coefficient (Wildman–Crippen LogP) is 7.52. The smallest absolute Gasteiger partial charge is 0.326 e. The number of methoxy groups -OCH3 is 1. The van der Waals surface area contributed by atoms with Crippen LogP contribution in [0.15, 0.2) is 60.7 Å². The van der Waals surface area contributed by atoms with Crippen LogP contribution in [0.1, 0.15) is 49.0 Å². The van der Waals surface area contributed by atoms with Crippen molar-refractivity contribution in [3.63, 3.8) is 0 Å². The maximum absolute atomic E-state index is 13.3. The number of rotatable bonds is 10. The zero-order valence-electron chi connectivity index (χ0n) is 20.7. The van der Waals surface area contributed by atoms with Crippen LogP contribution in [0.4, 0.5) is 5.69 Å². The molecule has 3 aromatic carbocycles. The van der Waals surface area contributed by atoms with Crippen molar-refractivity contribution in [3.05, 3.63) is 81.8 Å². The van der Waals surface area contributed by atoms with Crippen molar-refractivity contribution in [1.82, 2.24) is 0 Å². The molecule has 3 rings (SSSR count). The van der Waals surface area contributed by atoms with E-state index < -0.39 is 11.9 Å². The van der Waals surface area contributed by atoms with E-state index in [4.69, 9.17) is 37.4 Å². The molecule has 1 atom stereocenters. The van der Waals surface area contributed by atoms with Crippen molar-refractivity contribution in [3.8, 4) is 17.2 Å². The van der Waals surface area contributed by atoms with Crippen molar-refractivity contribution >= 4 is 40.8 Å². The Hall–Kier alpha value is -3.22. The Morgan fingerprint density at radius 2 is 1.64 bits per heavy atom. The van der Waals surface area contributed by atoms with Crippen LogP contribution < -0.4 is 14.4 Å². The summed E-state index contributed by atoms with van der Waals surface area (Å²) in [4.78, 5) is 26.8. The quantitative estimate of drug-likeness (QED) is 0.254. The van der Waals surface area contributed by atoms with Crippen LogP contribution in [0, 0.1) is 0 Å². The molecule has 0 fully saturated rings. The number of halogens is 2. The molecule has 8 heteroatoms. The standard InChI is InChI=1S/C28H29Cl2NO5/c1-5-18(3)22-16-21(12-13-25(22)34-4)36-27-23(29)14-20(15-24(27)30)31(17-26(32)35-6-2)28(33)19-10-8-7-9-11-19/h7-16,18H,5-6,17H2,1-4H3. The normalized spacial score (nSPS) is 11.5. The van der Waals surface area contributed by atoms with E-state index in [1.165, 1.54) is 4.90 Å². The summed E-state index contributed by atoms with van der Waals surface area (Å²) in [5.74, 6) is 0.885. The first-order chi connectivity index (χ1) is 17.3. The minimum atomic E-state index is -0.551. The molecule has 36 heavy (non-hydrogen) atoms. The molecule has 0 bridgehead atoms. The number of carbonyl (C=O) groups is 2. The van der Waals surface area contributed by atoms with Gasteiger partial charge >= 0.3 is 5.97 Å². The first kappa shape index (κ1) is 27.4. The molecule has 0 aliphatic carbocycles. The number of anilines is 1. The van der Waals surface area contributed by atoms with Gasteiger partial charge in [-0.1, -0.05) is 55.2 Å². The van der Waals surface area contributed by atoms with Crippen molar-refractivity contribution in [2.45, 2.75) is 33.1 Å². The summed E-state index contributed by atoms with van der Waals surface area (Å²) in [5.41, 5.74) is 1.76. The molecule has 190 valence electrons. The van der Waals surface area contributed by atoms with Crippen molar-refractivity contribution in [2.24, 2.45) is 0 Å². The van der Waals surface area contributed by atoms with E-state index in [0.717, 1.165) is 17.7 Å². The number of esters is 1. The van der Waals surface area contributed by atoms with Crippen molar-refractivity contribution < 1.29 is 23.8 Å². The summed E-state index contributed by atoms with van der Waals surface area (Å²) in [7, 11) is 1.63. The van der Waals surface area contributed by atoms with Gasteiger partial charge in [-0.25, -0.2) is 0 Å². The number of benzene rings is 3. The Bertz CT molecular complexity index is 1190. The van der Waals surface area contributed by atoms with Gasteiger partial charge in [-0.05, 0) is 61.7 Å². The van der Waals surface area contributed by atoms with Gasteiger partial charge in [0.1, 0.15) is 18.0 Å². The van der Waals surface area contributed by atoms with Crippen molar-refractivity contribution in [1.29, 1.82) is 0 Å². The Morgan fingerprint density at radius 3 is 2.22 bits per heavy atom. The third-order valence-corrected chi connectivity index (χ3v) is 6.28. The summed E-state index contributed by atoms with van der Waals surface area (Å²) in [6.45, 7) is 5.81. The topological polar surface area (TPSA) is 65.1 Å². The monoisotopic (exact) mass is 529 g/mol. The number of hydrogen-bond acceptors (Lipinski definition) is 5. The lowest BCUT2D eigenvalue weighted by Gasteiger charge is -2.23. The van der Waals surface area contributed by atoms with Crippen LogP contribution in [0.5, 0.6) is 17.2 Å². The average molecular weight is 530 g/mol. The van der Waals surface area contributed by atoms with Gasteiger partial charge in [0.05, 0.1) is 23.8 Å². The summed E-state index contributed by atoms with van der Waals surface area (Å²) in [6.07, 6.45) is 0.932. The molecule has 0 aromatic heterocycles. The van der Waals surface area contributed by atoms with Gasteiger partial charge in [-0.15, -0.1) is 0 Å². The minimum absolute atomic E-state index is 0.188. The molecule has 0 radical (unpaired) electrons. The van der Waals surface area contributed by atoms with E-state index >= 15 is 0 Å². The van der Waals surface area contributed by atoms with E-state index in [2.05, 4.69) is 13.8 Å². The summed E-state index contributed by atoms with van der Waals surface area (Å²) in [6, 6.07) is 17.2. The van der Waals surface area contributed by atoms with E-state index in [1.807, 2.05) is 12.1 Å². The van der Waals surface area contributed by atoms with E-state index in [-0.39, 0.29) is 34.9 Å². The van der Waals surface area contributed by atoms with E-state index in [1.54, 1.807) is 62.6 Å². The molecular formula is C28H29Cl2NO5. The Balaban J connectivity index is 1.96. The summed E-state index contributed by atoms with van der Waals surface area (Å²) >= 11 is 13.2. The second-order valence-electron chi connectivity index (χ2n) is 8.12. The van der Waals surface area contributed by atoms with Crippen LogP contribution >= 0.6 is 23.2 Å². The maximum Gasteiger partial charge on any atom is 0.326 e. The number of amides is 1. The van der Waals surface area contributed by atoms with Crippen LogP contribution in [-0.4, -0.2) is 32.1 Å². The fourth-order valence-corrected chi connectivity index (χ4v) is 4.20. The summed E-state index contributed by atoms with van der Waals surface area (Å²) < 4.78 is 16.6. The SMILES string of the molecule is CCOC(=O)CN(C(=O)c1ccccc1)c1cc(Cl)c(Oc2ccc(OC)c(C(C)CC)c2)c(Cl)c1. The summed E-state index contributed by atoms with van der Waals surface area (Å²) in [5, 5.41) is 0.376. The van der Waals surface area contributed by atoms with Crippen molar-refractivity contribution in [2.75, 3.05) is 25.2 Å². The van der Waals surface area contributed by atoms with Gasteiger partial charge < -0.3 is 14.2 Å². The number of carbonyl (C=O) groups excluding carboxylic acids is 2. The largest absolute Gasteiger partial charge is 0.496 e. The third-order valence-electron chi connectivity index (χ3n) is 5.72. The maximum atomic E-state index is 13.3. The molecule has 0 aliphatic rings.